The molecule has 324 valence electrons. The van der Waals surface area contributed by atoms with E-state index in [0.29, 0.717) is 34.4 Å². The Morgan fingerprint density at radius 1 is 0.952 bits per heavy atom. The summed E-state index contributed by atoms with van der Waals surface area (Å²) in [6.45, 7) is 26.7. The number of hydrogen-bond acceptors (Lipinski definition) is 8. The molecule has 5 aromatic rings. The Balaban J connectivity index is 1.39. The van der Waals surface area contributed by atoms with E-state index in [9.17, 15) is 14.4 Å². The summed E-state index contributed by atoms with van der Waals surface area (Å²) >= 11 is 0. The van der Waals surface area contributed by atoms with Crippen molar-refractivity contribution in [1.82, 2.24) is 24.5 Å². The highest BCUT2D eigenvalue weighted by Gasteiger charge is 2.45. The number of ether oxygens (including phenoxy) is 3. The van der Waals surface area contributed by atoms with Gasteiger partial charge in [-0.3, -0.25) is 14.7 Å². The van der Waals surface area contributed by atoms with Gasteiger partial charge >= 0.3 is 12.1 Å². The summed E-state index contributed by atoms with van der Waals surface area (Å²) < 4.78 is 20.4. The van der Waals surface area contributed by atoms with Crippen molar-refractivity contribution in [2.24, 2.45) is 23.2 Å². The number of carbonyl (C=O) groups is 3. The Hall–Kier alpha value is -6.42. The van der Waals surface area contributed by atoms with E-state index in [2.05, 4.69) is 48.6 Å². The molecule has 6 atom stereocenters. The Kier molecular flexibility index (Phi) is 12.6. The van der Waals surface area contributed by atoms with Crippen molar-refractivity contribution in [2.45, 2.75) is 113 Å². The molecule has 6 unspecified atom stereocenters. The number of rotatable bonds is 9. The molecule has 3 aromatic heterocycles. The lowest BCUT2D eigenvalue weighted by molar-refractivity contribution is -0.115. The summed E-state index contributed by atoms with van der Waals surface area (Å²) in [4.78, 5) is 56.9. The van der Waals surface area contributed by atoms with Crippen LogP contribution in [-0.2, 0) is 9.53 Å². The van der Waals surface area contributed by atoms with E-state index in [4.69, 9.17) is 25.9 Å². The van der Waals surface area contributed by atoms with Gasteiger partial charge < -0.3 is 24.1 Å². The quantitative estimate of drug-likeness (QED) is 0.0880. The van der Waals surface area contributed by atoms with E-state index in [1.807, 2.05) is 58.0 Å². The minimum Gasteiger partial charge on any atom is -0.459 e. The Morgan fingerprint density at radius 2 is 1.65 bits per heavy atom. The third-order valence-electron chi connectivity index (χ3n) is 12.2. The fourth-order valence-electron chi connectivity index (χ4n) is 9.29. The number of hydrogen-bond donors (Lipinski definition) is 1. The molecule has 7 rings (SSSR count). The highest BCUT2D eigenvalue weighted by atomic mass is 16.6. The van der Waals surface area contributed by atoms with Crippen LogP contribution in [0, 0.1) is 29.7 Å². The van der Waals surface area contributed by atoms with Crippen LogP contribution in [0.15, 0.2) is 84.7 Å². The van der Waals surface area contributed by atoms with Crippen LogP contribution in [-0.4, -0.2) is 60.6 Å². The molecule has 2 aliphatic rings. The number of benzene rings is 2. The zero-order chi connectivity index (χ0) is 44.5. The summed E-state index contributed by atoms with van der Waals surface area (Å²) in [7, 11) is 0. The molecule has 1 saturated heterocycles. The van der Waals surface area contributed by atoms with E-state index >= 15 is 0 Å². The number of likely N-dealkylation sites (tertiary alicyclic amines) is 1. The average molecular weight is 840 g/mol. The number of anilines is 2. The van der Waals surface area contributed by atoms with Crippen LogP contribution in [0.1, 0.15) is 105 Å². The minimum absolute atomic E-state index is 0.0298. The average Bonchev–Trinajstić information content (AvgIpc) is 3.77. The van der Waals surface area contributed by atoms with Crippen LogP contribution in [0.25, 0.3) is 21.9 Å². The molecule has 62 heavy (non-hydrogen) atoms. The van der Waals surface area contributed by atoms with Crippen molar-refractivity contribution < 1.29 is 28.6 Å². The van der Waals surface area contributed by atoms with Crippen molar-refractivity contribution in [3.05, 3.63) is 102 Å². The smallest absolute Gasteiger partial charge is 0.415 e. The lowest BCUT2D eigenvalue weighted by Gasteiger charge is -2.45. The van der Waals surface area contributed by atoms with Gasteiger partial charge in [-0.15, -0.1) is 5.10 Å². The van der Waals surface area contributed by atoms with Gasteiger partial charge in [-0.05, 0) is 114 Å². The number of fused-ring (bicyclic) bond motifs is 1. The second kappa shape index (κ2) is 17.9. The minimum atomic E-state index is -0.708. The topological polar surface area (TPSA) is 136 Å². The molecule has 1 N–H and O–H groups in total. The van der Waals surface area contributed by atoms with E-state index in [1.165, 1.54) is 11.4 Å². The van der Waals surface area contributed by atoms with E-state index in [1.54, 1.807) is 52.5 Å². The maximum absolute atomic E-state index is 14.9. The van der Waals surface area contributed by atoms with E-state index in [-0.39, 0.29) is 63.8 Å². The van der Waals surface area contributed by atoms with Crippen LogP contribution in [0.3, 0.4) is 0 Å². The van der Waals surface area contributed by atoms with Crippen LogP contribution >= 0.6 is 0 Å². The molecule has 2 amide bonds. The Labute approximate surface area is 363 Å². The summed E-state index contributed by atoms with van der Waals surface area (Å²) in [5.41, 5.74) is 2.39. The summed E-state index contributed by atoms with van der Waals surface area (Å²) in [5, 5.41) is 4.88. The van der Waals surface area contributed by atoms with Gasteiger partial charge in [0.25, 0.3) is 5.69 Å². The molecular weight excluding hydrogens is 783 g/mol. The monoisotopic (exact) mass is 839 g/mol. The highest BCUT2D eigenvalue weighted by molar-refractivity contribution is 6.05. The van der Waals surface area contributed by atoms with E-state index in [0.717, 1.165) is 37.7 Å². The number of allylic oxidation sites excluding steroid dienone is 1. The maximum Gasteiger partial charge on any atom is 0.415 e. The molecule has 1 aliphatic carbocycles. The van der Waals surface area contributed by atoms with Gasteiger partial charge in [-0.25, -0.2) is 14.4 Å². The number of nitrogens with zero attached hydrogens (tertiary/aromatic N) is 6. The molecule has 0 radical (unpaired) electrons. The largest absolute Gasteiger partial charge is 0.459 e. The number of piperidine rings is 1. The number of esters is 1. The first-order chi connectivity index (χ1) is 29.5. The standard InChI is InChI=1S/C49H57N7O6/c1-29(2)25-35-26-30(3)27-38(49(7,8)9)43(35)61-47(58)41-42(50-10)46(62-48(59)54-31(4)15-14-16-32(54)5)56-45(41)52-44(53-56)34-19-20-40(60-37-21-23-51-24-22-37)39(28-34)55(33(6)57)36-17-12-11-13-18-36/h11-13,17-25,28,30-32,35,38,43H,14-16,26-27H2,1-9H3,(H,52,53). The van der Waals surface area contributed by atoms with E-state index < -0.39 is 18.2 Å². The molecule has 0 bridgehead atoms. The first-order valence-corrected chi connectivity index (χ1v) is 21.5. The number of pyridine rings is 1. The Morgan fingerprint density at radius 3 is 2.27 bits per heavy atom. The molecule has 1 saturated carbocycles. The summed E-state index contributed by atoms with van der Waals surface area (Å²) in [6.07, 6.45) is 8.66. The van der Waals surface area contributed by atoms with Crippen molar-refractivity contribution in [3.63, 3.8) is 0 Å². The number of H-pyrrole nitrogens is 1. The fraction of sp³-hybridized carbons (Fsp3) is 0.429. The molecule has 1 aliphatic heterocycles. The van der Waals surface area contributed by atoms with Crippen molar-refractivity contribution in [1.29, 1.82) is 0 Å². The van der Waals surface area contributed by atoms with Gasteiger partial charge in [0.15, 0.2) is 11.6 Å². The summed E-state index contributed by atoms with van der Waals surface area (Å²) in [5.74, 6) is 0.435. The Bertz CT molecular complexity index is 2500. The fourth-order valence-corrected chi connectivity index (χ4v) is 9.29. The van der Waals surface area contributed by atoms with Crippen molar-refractivity contribution >= 4 is 40.7 Å². The number of aromatic amines is 1. The lowest BCUT2D eigenvalue weighted by atomic mass is 9.64. The number of carbonyl (C=O) groups excluding carboxylic acids is 3. The number of aromatic nitrogens is 4. The van der Waals surface area contributed by atoms with Crippen LogP contribution in [0.5, 0.6) is 17.4 Å². The van der Waals surface area contributed by atoms with Gasteiger partial charge in [-0.2, -0.15) is 4.52 Å². The van der Waals surface area contributed by atoms with Gasteiger partial charge in [0.2, 0.25) is 11.8 Å². The van der Waals surface area contributed by atoms with Gasteiger partial charge in [-0.1, -0.05) is 57.5 Å². The molecule has 2 fully saturated rings. The van der Waals surface area contributed by atoms with Gasteiger partial charge in [0.05, 0.1) is 12.3 Å². The molecule has 4 heterocycles. The molecule has 13 nitrogen and oxygen atoms in total. The second-order valence-corrected chi connectivity index (χ2v) is 18.3. The zero-order valence-corrected chi connectivity index (χ0v) is 37.1. The first-order valence-electron chi connectivity index (χ1n) is 21.5. The van der Waals surface area contributed by atoms with Crippen LogP contribution in [0.2, 0.25) is 0 Å². The number of para-hydroxylation sites is 1. The van der Waals surface area contributed by atoms with Crippen LogP contribution in [0.4, 0.5) is 21.9 Å². The van der Waals surface area contributed by atoms with Crippen molar-refractivity contribution in [3.8, 4) is 28.8 Å². The van der Waals surface area contributed by atoms with Crippen LogP contribution < -0.4 is 14.4 Å². The molecule has 2 aromatic carbocycles. The first kappa shape index (κ1) is 43.7. The highest BCUT2D eigenvalue weighted by Crippen LogP contribution is 2.47. The normalized spacial score (nSPS) is 21.5. The SMILES string of the molecule is [C-]#[N+]c1c(C(=O)OC2C(C=C(C)C)CC(C)CC2C(C)(C)C)c2[nH]c(-c3ccc(Oc4ccncc4)c(N(C(C)=O)c4ccccc4)c3)nn2c1OC(=O)N1C(C)CCCC1C. The van der Waals surface area contributed by atoms with Gasteiger partial charge in [0, 0.05) is 54.5 Å². The zero-order valence-electron chi connectivity index (χ0n) is 37.1. The molecular formula is C49H57N7O6. The van der Waals surface area contributed by atoms with Gasteiger partial charge in [0.1, 0.15) is 23.1 Å². The molecule has 0 spiro atoms. The third kappa shape index (κ3) is 8.96. The number of amides is 2. The second-order valence-electron chi connectivity index (χ2n) is 18.3. The van der Waals surface area contributed by atoms with Crippen molar-refractivity contribution in [2.75, 3.05) is 4.90 Å². The predicted molar refractivity (Wildman–Crippen MR) is 239 cm³/mol. The maximum atomic E-state index is 14.9. The predicted octanol–water partition coefficient (Wildman–Crippen LogP) is 11.7. The summed E-state index contributed by atoms with van der Waals surface area (Å²) in [6, 6.07) is 17.8. The number of nitrogens with one attached hydrogen (secondary N) is 1. The lowest BCUT2D eigenvalue weighted by Crippen LogP contribution is -2.48. The molecule has 13 heteroatoms. The third-order valence-corrected chi connectivity index (χ3v) is 12.2.